The van der Waals surface area contributed by atoms with Gasteiger partial charge in [-0.05, 0) is 27.2 Å². The smallest absolute Gasteiger partial charge is 0.460 e. The fraction of sp³-hybridized carbons (Fsp3) is 0.750. The third-order valence-electron chi connectivity index (χ3n) is 5.07. The van der Waals surface area contributed by atoms with E-state index in [0.29, 0.717) is 0 Å². The predicted molar refractivity (Wildman–Crippen MR) is 102 cm³/mol. The van der Waals surface area contributed by atoms with E-state index in [-0.39, 0.29) is 27.1 Å². The van der Waals surface area contributed by atoms with Crippen molar-refractivity contribution in [3.8, 4) is 0 Å². The first-order chi connectivity index (χ1) is 18.3. The number of carboxylic acids is 1. The second-order valence-electron chi connectivity index (χ2n) is 7.71. The van der Waals surface area contributed by atoms with E-state index >= 15 is 0 Å². The van der Waals surface area contributed by atoms with E-state index in [1.54, 1.807) is 0 Å². The van der Waals surface area contributed by atoms with Crippen LogP contribution in [0, 0.1) is 19.3 Å². The van der Waals surface area contributed by atoms with Crippen molar-refractivity contribution in [1.82, 2.24) is 0 Å². The number of rotatable bonds is 11. The molecule has 1 N–H and O–H groups in total. The van der Waals surface area contributed by atoms with Gasteiger partial charge in [0.05, 0.1) is 25.2 Å². The van der Waals surface area contributed by atoms with Crippen LogP contribution in [-0.2, 0) is 20.1 Å². The quantitative estimate of drug-likeness (QED) is 0.185. The van der Waals surface area contributed by atoms with Gasteiger partial charge in [0.15, 0.2) is 0 Å². The van der Waals surface area contributed by atoms with Gasteiger partial charge in [0, 0.05) is 5.57 Å². The number of hydrogen-bond donors (Lipinski definition) is 1. The summed E-state index contributed by atoms with van der Waals surface area (Å²) in [5, 5.41) is 37.5. The first-order valence-corrected chi connectivity index (χ1v) is 10.2. The maximum Gasteiger partial charge on any atom is 0.460 e. The molecule has 0 amide bonds. The summed E-state index contributed by atoms with van der Waals surface area (Å²) in [6.45, 7) is 3.19. The lowest BCUT2D eigenvalue weighted by molar-refractivity contribution is -0.465. The van der Waals surface area contributed by atoms with E-state index in [1.807, 2.05) is 0 Å². The summed E-state index contributed by atoms with van der Waals surface area (Å²) in [6, 6.07) is 0. The molecule has 5 nitrogen and oxygen atoms in total. The van der Waals surface area contributed by atoms with Crippen molar-refractivity contribution in [3.63, 3.8) is 0 Å². The monoisotopic (exact) mass is 663 g/mol. The molecule has 0 aromatic rings. The number of aliphatic carboxylic acids is 1. The minimum atomic E-state index is -8.79. The van der Waals surface area contributed by atoms with Crippen LogP contribution in [0.15, 0.2) is 11.6 Å². The number of hydrogen-bond acceptors (Lipinski definition) is 1. The van der Waals surface area contributed by atoms with E-state index in [4.69, 9.17) is 15.3 Å². The summed E-state index contributed by atoms with van der Waals surface area (Å²) >= 11 is 0. The van der Waals surface area contributed by atoms with Crippen LogP contribution < -0.4 is 0 Å². The molecule has 0 saturated carbocycles. The average molecular weight is 663 g/mol. The highest BCUT2D eigenvalue weighted by Gasteiger charge is 2.96. The Bertz CT molecular complexity index is 892. The molecule has 0 aliphatic carbocycles. The molecule has 0 aliphatic rings. The molecular formula is C20H20F17O5. The zero-order valence-electron chi connectivity index (χ0n) is 20.8. The molecular weight excluding hydrogens is 643 g/mol. The van der Waals surface area contributed by atoms with Gasteiger partial charge in [0.25, 0.3) is 0 Å². The normalized spacial score (nSPS) is 16.0. The molecule has 42 heavy (non-hydrogen) atoms. The first kappa shape index (κ1) is 44.3. The summed E-state index contributed by atoms with van der Waals surface area (Å²) in [4.78, 5) is 10.7. The van der Waals surface area contributed by atoms with Gasteiger partial charge in [-0.2, -0.15) is 74.6 Å². The second-order valence-corrected chi connectivity index (χ2v) is 7.71. The van der Waals surface area contributed by atoms with E-state index in [9.17, 15) is 84.5 Å². The van der Waals surface area contributed by atoms with Gasteiger partial charge in [0.2, 0.25) is 0 Å². The van der Waals surface area contributed by atoms with Crippen molar-refractivity contribution in [3.05, 3.63) is 25.5 Å². The van der Waals surface area contributed by atoms with Gasteiger partial charge in [-0.1, -0.05) is 13.0 Å². The Morgan fingerprint density at radius 3 is 1.02 bits per heavy atom. The molecule has 0 aromatic carbocycles. The van der Waals surface area contributed by atoms with E-state index in [0.717, 1.165) is 0 Å². The topological polar surface area (TPSA) is 97.0 Å². The average Bonchev–Trinajstić information content (AvgIpc) is 2.81. The molecule has 0 fully saturated rings. The second kappa shape index (κ2) is 14.1. The lowest BCUT2D eigenvalue weighted by Crippen LogP contribution is -2.75. The highest BCUT2D eigenvalue weighted by molar-refractivity contribution is 5.86. The Balaban J connectivity index is -0.00000231. The zero-order valence-corrected chi connectivity index (χ0v) is 20.8. The highest BCUT2D eigenvalue weighted by atomic mass is 19.4. The molecule has 0 bridgehead atoms. The van der Waals surface area contributed by atoms with Crippen LogP contribution in [0.4, 0.5) is 74.6 Å². The van der Waals surface area contributed by atoms with Crippen LogP contribution in [0.1, 0.15) is 20.3 Å². The molecule has 0 saturated heterocycles. The third kappa shape index (κ3) is 7.16. The van der Waals surface area contributed by atoms with E-state index in [1.165, 1.54) is 0 Å². The van der Waals surface area contributed by atoms with Crippen molar-refractivity contribution in [1.29, 1.82) is 0 Å². The lowest BCUT2D eigenvalue weighted by atomic mass is 9.72. The largest absolute Gasteiger partial charge is 0.478 e. The molecule has 0 spiro atoms. The molecule has 0 heterocycles. The molecule has 1 atom stereocenters. The van der Waals surface area contributed by atoms with Crippen LogP contribution in [-0.4, -0.2) is 78.5 Å². The Kier molecular flexibility index (Phi) is 14.9. The highest BCUT2D eigenvalue weighted by Crippen LogP contribution is 2.66. The molecule has 0 rings (SSSR count). The molecule has 5 radical (unpaired) electrons. The maximum absolute atomic E-state index is 14.5. The lowest BCUT2D eigenvalue weighted by Gasteiger charge is -2.46. The SMILES string of the molecule is CCC(C=C(C)C(=O)O)(C[O])C(F)(F)C(F)(F)C(F)(F)C(F)(F)C(F)(F)C(F)(F)C(F)(F)C(F)(F)F.[CH2]C[O].[CH2]C[O]. The number of halogens is 17. The number of alkyl halides is 17. The summed E-state index contributed by atoms with van der Waals surface area (Å²) in [7, 11) is 0. The van der Waals surface area contributed by atoms with Crippen molar-refractivity contribution >= 4 is 5.97 Å². The van der Waals surface area contributed by atoms with Gasteiger partial charge < -0.3 is 5.11 Å². The number of carboxylic acid groups (broad SMARTS) is 1. The third-order valence-corrected chi connectivity index (χ3v) is 5.07. The number of carbonyl (C=O) groups is 1. The summed E-state index contributed by atoms with van der Waals surface area (Å²) in [6.07, 6.45) is -10.3. The van der Waals surface area contributed by atoms with Crippen LogP contribution in [0.3, 0.4) is 0 Å². The maximum atomic E-state index is 14.5. The van der Waals surface area contributed by atoms with Crippen LogP contribution in [0.25, 0.3) is 0 Å². The van der Waals surface area contributed by atoms with Crippen LogP contribution >= 0.6 is 0 Å². The van der Waals surface area contributed by atoms with Gasteiger partial charge >= 0.3 is 53.6 Å². The molecule has 0 aliphatic heterocycles. The van der Waals surface area contributed by atoms with Gasteiger partial charge in [0.1, 0.15) is 0 Å². The van der Waals surface area contributed by atoms with Crippen LogP contribution in [0.2, 0.25) is 0 Å². The summed E-state index contributed by atoms with van der Waals surface area (Å²) in [5.41, 5.74) is -5.92. The predicted octanol–water partition coefficient (Wildman–Crippen LogP) is 7.36. The van der Waals surface area contributed by atoms with Gasteiger partial charge in [-0.25, -0.2) is 20.1 Å². The molecule has 22 heteroatoms. The van der Waals surface area contributed by atoms with Crippen molar-refractivity contribution in [2.75, 3.05) is 19.8 Å². The Morgan fingerprint density at radius 1 is 0.595 bits per heavy atom. The molecule has 0 aromatic heterocycles. The van der Waals surface area contributed by atoms with Crippen molar-refractivity contribution in [2.45, 2.75) is 67.9 Å². The van der Waals surface area contributed by atoms with E-state index in [2.05, 4.69) is 13.8 Å². The van der Waals surface area contributed by atoms with Gasteiger partial charge in [-0.15, -0.1) is 0 Å². The van der Waals surface area contributed by atoms with Crippen molar-refractivity contribution < 1.29 is 99.9 Å². The Hall–Kier alpha value is -2.10. The Morgan fingerprint density at radius 2 is 0.833 bits per heavy atom. The zero-order chi connectivity index (χ0) is 35.2. The summed E-state index contributed by atoms with van der Waals surface area (Å²) < 4.78 is 228. The standard InChI is InChI=1S/C16H12F17O3.2C2H4O/c1-3-8(5-34,4-6(2)7(35)36)9(17,18)10(19,20)11(21,22)12(23,24)13(25,26)14(27,28)15(29,30)16(31,32)33;2*1-2-3/h4H,3,5H2,1-2H3,(H,35,36);2*1-2H2. The van der Waals surface area contributed by atoms with Gasteiger partial charge in [-0.3, -0.25) is 0 Å². The fourth-order valence-electron chi connectivity index (χ4n) is 2.60. The van der Waals surface area contributed by atoms with E-state index < -0.39 is 83.7 Å². The summed E-state index contributed by atoms with van der Waals surface area (Å²) in [5.74, 6) is -60.4. The Labute approximate surface area is 225 Å². The minimum Gasteiger partial charge on any atom is -0.478 e. The first-order valence-electron chi connectivity index (χ1n) is 10.2. The van der Waals surface area contributed by atoms with Crippen molar-refractivity contribution in [2.24, 2.45) is 5.41 Å². The molecule has 1 unspecified atom stereocenters. The molecule has 249 valence electrons. The fourth-order valence-corrected chi connectivity index (χ4v) is 2.60. The van der Waals surface area contributed by atoms with Crippen LogP contribution in [0.5, 0.6) is 0 Å². The minimum absolute atomic E-state index is 0.250.